The van der Waals surface area contributed by atoms with E-state index in [2.05, 4.69) is 31.6 Å². The van der Waals surface area contributed by atoms with Crippen LogP contribution in [0.1, 0.15) is 5.56 Å². The smallest absolute Gasteiger partial charge is 0.137 e. The minimum absolute atomic E-state index is 0.265. The van der Waals surface area contributed by atoms with Crippen molar-refractivity contribution in [3.05, 3.63) is 70.7 Å². The lowest BCUT2D eigenvalue weighted by molar-refractivity contribution is 0.619. The van der Waals surface area contributed by atoms with E-state index in [4.69, 9.17) is 0 Å². The minimum Gasteiger partial charge on any atom is -0.379 e. The van der Waals surface area contributed by atoms with Gasteiger partial charge in [-0.3, -0.25) is 0 Å². The molecule has 0 radical (unpaired) electrons. The van der Waals surface area contributed by atoms with Gasteiger partial charge in [0.25, 0.3) is 0 Å². The van der Waals surface area contributed by atoms with Crippen molar-refractivity contribution in [3.8, 4) is 5.69 Å². The van der Waals surface area contributed by atoms with Crippen molar-refractivity contribution in [2.24, 2.45) is 0 Å². The summed E-state index contributed by atoms with van der Waals surface area (Å²) < 4.78 is 15.7. The molecule has 6 heteroatoms. The molecule has 0 unspecified atom stereocenters. The molecule has 0 aliphatic carbocycles. The van der Waals surface area contributed by atoms with Crippen molar-refractivity contribution < 1.29 is 4.39 Å². The van der Waals surface area contributed by atoms with E-state index >= 15 is 0 Å². The predicted octanol–water partition coefficient (Wildman–Crippen LogP) is 3.78. The summed E-state index contributed by atoms with van der Waals surface area (Å²) in [4.78, 5) is 0. The van der Waals surface area contributed by atoms with Gasteiger partial charge in [0, 0.05) is 6.54 Å². The van der Waals surface area contributed by atoms with E-state index in [9.17, 15) is 4.39 Å². The maximum absolute atomic E-state index is 13.5. The predicted molar refractivity (Wildman–Crippen MR) is 82.8 cm³/mol. The van der Waals surface area contributed by atoms with Gasteiger partial charge in [0.1, 0.15) is 5.82 Å². The molecule has 0 bridgehead atoms. The molecular formula is C15H12BrFN4. The van der Waals surface area contributed by atoms with Crippen LogP contribution < -0.4 is 5.32 Å². The number of hydrogen-bond donors (Lipinski definition) is 1. The van der Waals surface area contributed by atoms with Crippen LogP contribution in [0.5, 0.6) is 0 Å². The molecule has 0 fully saturated rings. The maximum Gasteiger partial charge on any atom is 0.137 e. The highest BCUT2D eigenvalue weighted by molar-refractivity contribution is 9.10. The van der Waals surface area contributed by atoms with Gasteiger partial charge in [0.05, 0.1) is 28.2 Å². The molecule has 0 atom stereocenters. The first-order valence-electron chi connectivity index (χ1n) is 6.37. The third kappa shape index (κ3) is 3.11. The fraction of sp³-hybridized carbons (Fsp3) is 0.0667. The van der Waals surface area contributed by atoms with Gasteiger partial charge in [-0.25, -0.2) is 9.07 Å². The Morgan fingerprint density at radius 1 is 1.19 bits per heavy atom. The van der Waals surface area contributed by atoms with Gasteiger partial charge in [-0.15, -0.1) is 5.10 Å². The topological polar surface area (TPSA) is 42.7 Å². The van der Waals surface area contributed by atoms with E-state index in [0.29, 0.717) is 11.0 Å². The van der Waals surface area contributed by atoms with E-state index in [1.807, 2.05) is 30.3 Å². The second-order valence-corrected chi connectivity index (χ2v) is 5.32. The molecule has 2 aromatic carbocycles. The van der Waals surface area contributed by atoms with E-state index in [-0.39, 0.29) is 5.82 Å². The van der Waals surface area contributed by atoms with E-state index in [1.165, 1.54) is 6.07 Å². The largest absolute Gasteiger partial charge is 0.379 e. The number of anilines is 1. The summed E-state index contributed by atoms with van der Waals surface area (Å²) in [5.41, 5.74) is 2.67. The third-order valence-electron chi connectivity index (χ3n) is 3.04. The highest BCUT2D eigenvalue weighted by atomic mass is 79.9. The number of nitrogens with one attached hydrogen (secondary N) is 1. The SMILES string of the molecule is Fc1cc(CNc2ccccc2-n2ccnn2)ccc1Br. The first-order chi connectivity index (χ1) is 10.2. The highest BCUT2D eigenvalue weighted by Gasteiger charge is 2.05. The summed E-state index contributed by atoms with van der Waals surface area (Å²) >= 11 is 3.15. The second kappa shape index (κ2) is 6.05. The average molecular weight is 347 g/mol. The molecule has 0 saturated heterocycles. The number of rotatable bonds is 4. The Hall–Kier alpha value is -2.21. The summed E-state index contributed by atoms with van der Waals surface area (Å²) in [6.07, 6.45) is 3.40. The third-order valence-corrected chi connectivity index (χ3v) is 3.68. The molecule has 1 N–H and O–H groups in total. The number of nitrogens with zero attached hydrogens (tertiary/aromatic N) is 3. The van der Waals surface area contributed by atoms with Crippen LogP contribution in [0.4, 0.5) is 10.1 Å². The lowest BCUT2D eigenvalue weighted by Gasteiger charge is -2.11. The molecule has 4 nitrogen and oxygen atoms in total. The maximum atomic E-state index is 13.5. The van der Waals surface area contributed by atoms with Gasteiger partial charge in [0.15, 0.2) is 0 Å². The van der Waals surface area contributed by atoms with Crippen molar-refractivity contribution in [2.75, 3.05) is 5.32 Å². The Labute approximate surface area is 129 Å². The van der Waals surface area contributed by atoms with E-state index in [1.54, 1.807) is 23.1 Å². The molecule has 0 spiro atoms. The molecule has 0 saturated carbocycles. The van der Waals surface area contributed by atoms with Crippen molar-refractivity contribution in [3.63, 3.8) is 0 Å². The highest BCUT2D eigenvalue weighted by Crippen LogP contribution is 2.21. The summed E-state index contributed by atoms with van der Waals surface area (Å²) in [7, 11) is 0. The quantitative estimate of drug-likeness (QED) is 0.781. The molecule has 3 aromatic rings. The number of hydrogen-bond acceptors (Lipinski definition) is 3. The Kier molecular flexibility index (Phi) is 3.96. The molecule has 3 rings (SSSR count). The Balaban J connectivity index is 1.81. The molecule has 1 aromatic heterocycles. The minimum atomic E-state index is -0.265. The van der Waals surface area contributed by atoms with Crippen LogP contribution in [-0.4, -0.2) is 15.0 Å². The zero-order valence-corrected chi connectivity index (χ0v) is 12.6. The number of para-hydroxylation sites is 2. The molecular weight excluding hydrogens is 335 g/mol. The molecule has 0 aliphatic heterocycles. The van der Waals surface area contributed by atoms with Crippen LogP contribution in [0.2, 0.25) is 0 Å². The number of halogens is 2. The Morgan fingerprint density at radius 3 is 2.81 bits per heavy atom. The van der Waals surface area contributed by atoms with Crippen LogP contribution in [0, 0.1) is 5.82 Å². The number of aromatic nitrogens is 3. The lowest BCUT2D eigenvalue weighted by atomic mass is 10.2. The summed E-state index contributed by atoms with van der Waals surface area (Å²) in [5, 5.41) is 11.1. The molecule has 1 heterocycles. The zero-order valence-electron chi connectivity index (χ0n) is 11.0. The average Bonchev–Trinajstić information content (AvgIpc) is 3.03. The van der Waals surface area contributed by atoms with Crippen molar-refractivity contribution >= 4 is 21.6 Å². The monoisotopic (exact) mass is 346 g/mol. The molecule has 0 aliphatic rings. The van der Waals surface area contributed by atoms with Crippen LogP contribution in [-0.2, 0) is 6.54 Å². The molecule has 21 heavy (non-hydrogen) atoms. The lowest BCUT2D eigenvalue weighted by Crippen LogP contribution is -2.05. The van der Waals surface area contributed by atoms with Crippen LogP contribution >= 0.6 is 15.9 Å². The van der Waals surface area contributed by atoms with Crippen LogP contribution in [0.25, 0.3) is 5.69 Å². The van der Waals surface area contributed by atoms with Crippen molar-refractivity contribution in [1.82, 2.24) is 15.0 Å². The Morgan fingerprint density at radius 2 is 2.05 bits per heavy atom. The van der Waals surface area contributed by atoms with Gasteiger partial charge in [0.2, 0.25) is 0 Å². The summed E-state index contributed by atoms with van der Waals surface area (Å²) in [6.45, 7) is 0.524. The molecule has 0 amide bonds. The normalized spacial score (nSPS) is 10.6. The first-order valence-corrected chi connectivity index (χ1v) is 7.17. The van der Waals surface area contributed by atoms with Gasteiger partial charge in [-0.05, 0) is 45.8 Å². The van der Waals surface area contributed by atoms with Crippen molar-refractivity contribution in [1.29, 1.82) is 0 Å². The number of benzene rings is 2. The Bertz CT molecular complexity index is 743. The zero-order chi connectivity index (χ0) is 14.7. The first kappa shape index (κ1) is 13.8. The van der Waals surface area contributed by atoms with Gasteiger partial charge >= 0.3 is 0 Å². The fourth-order valence-corrected chi connectivity index (χ4v) is 2.25. The second-order valence-electron chi connectivity index (χ2n) is 4.47. The van der Waals surface area contributed by atoms with Gasteiger partial charge in [-0.2, -0.15) is 0 Å². The molecule has 106 valence electrons. The fourth-order valence-electron chi connectivity index (χ4n) is 2.01. The summed E-state index contributed by atoms with van der Waals surface area (Å²) in [5.74, 6) is -0.265. The van der Waals surface area contributed by atoms with Crippen molar-refractivity contribution in [2.45, 2.75) is 6.54 Å². The summed E-state index contributed by atoms with van der Waals surface area (Å²) in [6, 6.07) is 12.8. The van der Waals surface area contributed by atoms with Crippen LogP contribution in [0.15, 0.2) is 59.3 Å². The van der Waals surface area contributed by atoms with Crippen LogP contribution in [0.3, 0.4) is 0 Å². The van der Waals surface area contributed by atoms with E-state index in [0.717, 1.165) is 16.9 Å². The van der Waals surface area contributed by atoms with Gasteiger partial charge in [-0.1, -0.05) is 23.4 Å². The standard InChI is InChI=1S/C15H12BrFN4/c16-12-6-5-11(9-13(12)17)10-18-14-3-1-2-4-15(14)21-8-7-19-20-21/h1-9,18H,10H2. The van der Waals surface area contributed by atoms with Gasteiger partial charge < -0.3 is 5.32 Å². The van der Waals surface area contributed by atoms with E-state index < -0.39 is 0 Å².